The number of aromatic nitrogens is 7. The minimum absolute atomic E-state index is 0.0924. The van der Waals surface area contributed by atoms with E-state index < -0.39 is 11.7 Å². The van der Waals surface area contributed by atoms with E-state index in [2.05, 4.69) is 20.1 Å². The van der Waals surface area contributed by atoms with Crippen LogP contribution in [0.1, 0.15) is 29.4 Å². The van der Waals surface area contributed by atoms with Gasteiger partial charge in [0, 0.05) is 30.9 Å². The molecule has 5 aromatic rings. The van der Waals surface area contributed by atoms with Crippen LogP contribution in [-0.4, -0.2) is 34.1 Å². The van der Waals surface area contributed by atoms with Crippen LogP contribution in [0, 0.1) is 0 Å². The second-order valence-electron chi connectivity index (χ2n) is 7.73. The monoisotopic (exact) mass is 479 g/mol. The molecule has 0 fully saturated rings. The largest absolute Gasteiger partial charge is 0.472 e. The molecule has 0 saturated heterocycles. The van der Waals surface area contributed by atoms with E-state index in [1.54, 1.807) is 41.3 Å². The molecule has 0 spiro atoms. The summed E-state index contributed by atoms with van der Waals surface area (Å²) >= 11 is 0. The number of imidazole rings is 2. The summed E-state index contributed by atoms with van der Waals surface area (Å²) in [6.45, 7) is 2.57. The average Bonchev–Trinajstić information content (AvgIpc) is 3.46. The van der Waals surface area contributed by atoms with Crippen LogP contribution in [0.4, 0.5) is 13.2 Å². The van der Waals surface area contributed by atoms with E-state index in [1.807, 2.05) is 17.7 Å². The van der Waals surface area contributed by atoms with Crippen LogP contribution in [0.25, 0.3) is 17.3 Å². The Labute approximate surface area is 198 Å². The predicted molar refractivity (Wildman–Crippen MR) is 120 cm³/mol. The quantitative estimate of drug-likeness (QED) is 0.340. The molecule has 0 atom stereocenters. The Morgan fingerprint density at radius 3 is 2.43 bits per heavy atom. The van der Waals surface area contributed by atoms with E-state index in [0.717, 1.165) is 23.5 Å². The van der Waals surface area contributed by atoms with Gasteiger partial charge in [-0.2, -0.15) is 13.2 Å². The van der Waals surface area contributed by atoms with Gasteiger partial charge in [-0.1, -0.05) is 19.1 Å². The molecule has 4 aromatic heterocycles. The molecule has 5 rings (SSSR count). The number of alkyl halides is 3. The van der Waals surface area contributed by atoms with Crippen LogP contribution in [0.5, 0.6) is 5.88 Å². The van der Waals surface area contributed by atoms with Gasteiger partial charge in [-0.05, 0) is 36.2 Å². The van der Waals surface area contributed by atoms with Crippen molar-refractivity contribution in [3.8, 4) is 17.5 Å². The van der Waals surface area contributed by atoms with Crippen LogP contribution in [0.2, 0.25) is 0 Å². The molecule has 0 saturated carbocycles. The summed E-state index contributed by atoms with van der Waals surface area (Å²) in [6, 6.07) is 10.1. The van der Waals surface area contributed by atoms with Gasteiger partial charge in [0.2, 0.25) is 5.88 Å². The zero-order valence-corrected chi connectivity index (χ0v) is 18.6. The third-order valence-corrected chi connectivity index (χ3v) is 5.43. The first-order valence-corrected chi connectivity index (χ1v) is 10.9. The van der Waals surface area contributed by atoms with Crippen molar-refractivity contribution in [1.82, 2.24) is 34.1 Å². The van der Waals surface area contributed by atoms with Crippen LogP contribution >= 0.6 is 0 Å². The molecule has 0 unspecified atom stereocenters. The minimum Gasteiger partial charge on any atom is -0.472 e. The molecule has 8 nitrogen and oxygen atoms in total. The third kappa shape index (κ3) is 4.70. The minimum atomic E-state index is -4.37. The number of rotatable bonds is 7. The lowest BCUT2D eigenvalue weighted by Gasteiger charge is -2.09. The summed E-state index contributed by atoms with van der Waals surface area (Å²) in [4.78, 5) is 17.7. The molecule has 0 aliphatic carbocycles. The maximum Gasteiger partial charge on any atom is 0.416 e. The van der Waals surface area contributed by atoms with Crippen molar-refractivity contribution in [3.63, 3.8) is 0 Å². The number of fused-ring (bicyclic) bond motifs is 1. The Morgan fingerprint density at radius 2 is 1.71 bits per heavy atom. The second kappa shape index (κ2) is 9.16. The molecular formula is C24H20F3N7O. The highest BCUT2D eigenvalue weighted by Gasteiger charge is 2.29. The summed E-state index contributed by atoms with van der Waals surface area (Å²) in [6.07, 6.45) is 3.18. The Bertz CT molecular complexity index is 1440. The van der Waals surface area contributed by atoms with Crippen molar-refractivity contribution >= 4 is 5.65 Å². The van der Waals surface area contributed by atoms with Gasteiger partial charge in [0.1, 0.15) is 6.61 Å². The van der Waals surface area contributed by atoms with E-state index in [9.17, 15) is 13.2 Å². The number of hydrogen-bond donors (Lipinski definition) is 0. The van der Waals surface area contributed by atoms with Crippen molar-refractivity contribution in [3.05, 3.63) is 89.8 Å². The molecule has 0 aliphatic rings. The average molecular weight is 479 g/mol. The predicted octanol–water partition coefficient (Wildman–Crippen LogP) is 4.59. The van der Waals surface area contributed by atoms with Crippen molar-refractivity contribution < 1.29 is 17.9 Å². The van der Waals surface area contributed by atoms with Crippen molar-refractivity contribution in [2.45, 2.75) is 32.7 Å². The zero-order chi connectivity index (χ0) is 24.4. The highest BCUT2D eigenvalue weighted by Crippen LogP contribution is 2.29. The summed E-state index contributed by atoms with van der Waals surface area (Å²) < 4.78 is 47.7. The molecular weight excluding hydrogens is 459 g/mol. The number of nitrogens with zero attached hydrogens (tertiary/aromatic N) is 7. The number of hydrogen-bond acceptors (Lipinski definition) is 6. The molecule has 35 heavy (non-hydrogen) atoms. The lowest BCUT2D eigenvalue weighted by Crippen LogP contribution is -2.07. The molecule has 178 valence electrons. The van der Waals surface area contributed by atoms with Crippen LogP contribution < -0.4 is 4.74 Å². The van der Waals surface area contributed by atoms with Crippen molar-refractivity contribution in [1.29, 1.82) is 0 Å². The molecule has 11 heteroatoms. The smallest absolute Gasteiger partial charge is 0.416 e. The topological polar surface area (TPSA) is 83.0 Å². The van der Waals surface area contributed by atoms with Gasteiger partial charge in [0.15, 0.2) is 17.3 Å². The van der Waals surface area contributed by atoms with Crippen molar-refractivity contribution in [2.75, 3.05) is 0 Å². The first-order chi connectivity index (χ1) is 16.9. The van der Waals surface area contributed by atoms with E-state index in [0.29, 0.717) is 41.7 Å². The third-order valence-electron chi connectivity index (χ3n) is 5.43. The van der Waals surface area contributed by atoms with Gasteiger partial charge >= 0.3 is 6.18 Å². The number of halogens is 3. The SMILES string of the molecule is CCc1c(Cn2ccnc2-c2ncccn2)nc2ccc(OCc3ccc(C(F)(F)F)cc3)nn12. The lowest BCUT2D eigenvalue weighted by atomic mass is 10.1. The van der Waals surface area contributed by atoms with E-state index in [-0.39, 0.29) is 6.61 Å². The standard InChI is InChI=1S/C24H20F3N7O/c1-2-19-18(14-33-13-12-30-23(33)22-28-10-3-11-29-22)31-20-8-9-21(32-34(19)20)35-15-16-4-6-17(7-5-16)24(25,26)27/h3-13H,2,14-15H2,1H3. The van der Waals surface area contributed by atoms with Gasteiger partial charge < -0.3 is 9.30 Å². The van der Waals surface area contributed by atoms with Gasteiger partial charge in [-0.15, -0.1) is 5.10 Å². The Kier molecular flexibility index (Phi) is 5.89. The number of benzene rings is 1. The first kappa shape index (κ1) is 22.5. The van der Waals surface area contributed by atoms with Gasteiger partial charge in [0.05, 0.1) is 23.5 Å². The van der Waals surface area contributed by atoms with Gasteiger partial charge in [-0.3, -0.25) is 0 Å². The molecule has 0 amide bonds. The second-order valence-corrected chi connectivity index (χ2v) is 7.73. The van der Waals surface area contributed by atoms with Crippen LogP contribution in [0.15, 0.2) is 67.3 Å². The maximum absolute atomic E-state index is 12.8. The number of aryl methyl sites for hydroxylation is 1. The summed E-state index contributed by atoms with van der Waals surface area (Å²) in [5.41, 5.74) is 2.32. The first-order valence-electron chi connectivity index (χ1n) is 10.9. The summed E-state index contributed by atoms with van der Waals surface area (Å²) in [5.74, 6) is 1.51. The molecule has 0 bridgehead atoms. The highest BCUT2D eigenvalue weighted by molar-refractivity contribution is 5.46. The fourth-order valence-electron chi connectivity index (χ4n) is 3.73. The Morgan fingerprint density at radius 1 is 0.943 bits per heavy atom. The normalized spacial score (nSPS) is 11.8. The van der Waals surface area contributed by atoms with E-state index in [4.69, 9.17) is 9.72 Å². The molecule has 0 aliphatic heterocycles. The van der Waals surface area contributed by atoms with E-state index >= 15 is 0 Å². The molecule has 1 aromatic carbocycles. The van der Waals surface area contributed by atoms with Gasteiger partial charge in [-0.25, -0.2) is 24.5 Å². The molecule has 0 radical (unpaired) electrons. The zero-order valence-electron chi connectivity index (χ0n) is 18.6. The summed E-state index contributed by atoms with van der Waals surface area (Å²) in [7, 11) is 0. The highest BCUT2D eigenvalue weighted by atomic mass is 19.4. The van der Waals surface area contributed by atoms with Crippen LogP contribution in [0.3, 0.4) is 0 Å². The van der Waals surface area contributed by atoms with Crippen molar-refractivity contribution in [2.24, 2.45) is 0 Å². The van der Waals surface area contributed by atoms with Gasteiger partial charge in [0.25, 0.3) is 0 Å². The van der Waals surface area contributed by atoms with Crippen LogP contribution in [-0.2, 0) is 25.7 Å². The maximum atomic E-state index is 12.8. The Hall–Kier alpha value is -4.28. The summed E-state index contributed by atoms with van der Waals surface area (Å²) in [5, 5.41) is 4.55. The fraction of sp³-hybridized carbons (Fsp3) is 0.208. The Balaban J connectivity index is 1.37. The molecule has 4 heterocycles. The molecule has 0 N–H and O–H groups in total. The fourth-order valence-corrected chi connectivity index (χ4v) is 3.73. The van der Waals surface area contributed by atoms with E-state index in [1.165, 1.54) is 12.1 Å². The lowest BCUT2D eigenvalue weighted by molar-refractivity contribution is -0.137. The number of ether oxygens (including phenoxy) is 1.